The number of likely N-dealkylation sites (tertiary alicyclic amines) is 1. The van der Waals surface area contributed by atoms with Gasteiger partial charge >= 0.3 is 0 Å². The first-order chi connectivity index (χ1) is 5.70. The summed E-state index contributed by atoms with van der Waals surface area (Å²) in [5.41, 5.74) is 0. The lowest BCUT2D eigenvalue weighted by Crippen LogP contribution is -2.44. The molecule has 3 nitrogen and oxygen atoms in total. The van der Waals surface area contributed by atoms with Crippen molar-refractivity contribution in [1.29, 1.82) is 0 Å². The minimum atomic E-state index is 0.0778. The van der Waals surface area contributed by atoms with Crippen LogP contribution in [-0.2, 0) is 4.79 Å². The Hall–Kier alpha value is -0.570. The van der Waals surface area contributed by atoms with E-state index in [-0.39, 0.29) is 5.91 Å². The van der Waals surface area contributed by atoms with Crippen molar-refractivity contribution in [3.63, 3.8) is 0 Å². The Balaban J connectivity index is 2.24. The van der Waals surface area contributed by atoms with Gasteiger partial charge in [-0.3, -0.25) is 4.79 Å². The molecule has 1 N–H and O–H groups in total. The van der Waals surface area contributed by atoms with Crippen LogP contribution in [0.1, 0.15) is 26.2 Å². The second kappa shape index (κ2) is 4.45. The topological polar surface area (TPSA) is 32.3 Å². The molecular weight excluding hydrogens is 152 g/mol. The highest BCUT2D eigenvalue weighted by atomic mass is 16.1. The predicted molar refractivity (Wildman–Crippen MR) is 49.0 cm³/mol. The van der Waals surface area contributed by atoms with E-state index in [4.69, 9.17) is 0 Å². The van der Waals surface area contributed by atoms with Gasteiger partial charge in [-0.15, -0.1) is 0 Å². The van der Waals surface area contributed by atoms with Crippen molar-refractivity contribution in [3.05, 3.63) is 0 Å². The highest BCUT2D eigenvalue weighted by molar-refractivity contribution is 5.72. The van der Waals surface area contributed by atoms with Crippen molar-refractivity contribution < 1.29 is 4.79 Å². The van der Waals surface area contributed by atoms with Crippen molar-refractivity contribution in [2.45, 2.75) is 32.2 Å². The normalized spacial score (nSPS) is 25.3. The summed E-state index contributed by atoms with van der Waals surface area (Å²) in [5, 5.41) is 2.87. The smallest absolute Gasteiger partial charge is 0.216 e. The zero-order valence-corrected chi connectivity index (χ0v) is 7.97. The van der Waals surface area contributed by atoms with Gasteiger partial charge in [0.25, 0.3) is 0 Å². The maximum atomic E-state index is 10.7. The van der Waals surface area contributed by atoms with E-state index in [1.807, 2.05) is 0 Å². The maximum Gasteiger partial charge on any atom is 0.216 e. The number of hydrogen-bond donors (Lipinski definition) is 1. The summed E-state index contributed by atoms with van der Waals surface area (Å²) in [6.45, 7) is 3.55. The number of piperidine rings is 1. The number of likely N-dealkylation sites (N-methyl/N-ethyl adjacent to an activating group) is 1. The number of rotatable bonds is 2. The van der Waals surface area contributed by atoms with Crippen LogP contribution in [0.5, 0.6) is 0 Å². The van der Waals surface area contributed by atoms with E-state index in [2.05, 4.69) is 17.3 Å². The van der Waals surface area contributed by atoms with Crippen LogP contribution in [0.4, 0.5) is 0 Å². The fourth-order valence-corrected chi connectivity index (χ4v) is 1.66. The highest BCUT2D eigenvalue weighted by Crippen LogP contribution is 2.13. The number of carbonyl (C=O) groups excluding carboxylic acids is 1. The van der Waals surface area contributed by atoms with Crippen molar-refractivity contribution in [2.75, 3.05) is 20.1 Å². The van der Waals surface area contributed by atoms with E-state index in [1.54, 1.807) is 6.92 Å². The molecule has 12 heavy (non-hydrogen) atoms. The van der Waals surface area contributed by atoms with Gasteiger partial charge in [0.2, 0.25) is 5.91 Å². The lowest BCUT2D eigenvalue weighted by molar-refractivity contribution is -0.119. The molecule has 0 aromatic heterocycles. The number of nitrogens with one attached hydrogen (secondary N) is 1. The molecule has 3 heteroatoms. The van der Waals surface area contributed by atoms with Gasteiger partial charge in [0.1, 0.15) is 0 Å². The van der Waals surface area contributed by atoms with Gasteiger partial charge in [-0.2, -0.15) is 0 Å². The Morgan fingerprint density at radius 3 is 2.92 bits per heavy atom. The van der Waals surface area contributed by atoms with E-state index in [0.29, 0.717) is 6.04 Å². The van der Waals surface area contributed by atoms with Crippen LogP contribution >= 0.6 is 0 Å². The summed E-state index contributed by atoms with van der Waals surface area (Å²) in [6, 6.07) is 0.558. The molecule has 1 aliphatic rings. The lowest BCUT2D eigenvalue weighted by atomic mass is 10.0. The summed E-state index contributed by atoms with van der Waals surface area (Å²) in [5.74, 6) is 0.0778. The molecule has 1 rings (SSSR count). The third-order valence-electron chi connectivity index (χ3n) is 2.51. The second-order valence-corrected chi connectivity index (χ2v) is 3.57. The van der Waals surface area contributed by atoms with Crippen LogP contribution in [0, 0.1) is 0 Å². The monoisotopic (exact) mass is 170 g/mol. The quantitative estimate of drug-likeness (QED) is 0.658. The zero-order valence-electron chi connectivity index (χ0n) is 7.97. The van der Waals surface area contributed by atoms with Gasteiger partial charge in [0.05, 0.1) is 0 Å². The van der Waals surface area contributed by atoms with Gasteiger partial charge in [0.15, 0.2) is 0 Å². The van der Waals surface area contributed by atoms with E-state index < -0.39 is 0 Å². The number of hydrogen-bond acceptors (Lipinski definition) is 2. The fourth-order valence-electron chi connectivity index (χ4n) is 1.66. The average Bonchev–Trinajstić information content (AvgIpc) is 2.03. The lowest BCUT2D eigenvalue weighted by Gasteiger charge is -2.32. The Morgan fingerprint density at radius 2 is 2.33 bits per heavy atom. The first-order valence-electron chi connectivity index (χ1n) is 4.65. The maximum absolute atomic E-state index is 10.7. The number of nitrogens with zero attached hydrogens (tertiary/aromatic N) is 1. The predicted octanol–water partition coefficient (Wildman–Crippen LogP) is 0.607. The van der Waals surface area contributed by atoms with E-state index in [1.165, 1.54) is 25.8 Å². The molecule has 0 aromatic rings. The summed E-state index contributed by atoms with van der Waals surface area (Å²) < 4.78 is 0. The molecule has 70 valence electrons. The van der Waals surface area contributed by atoms with E-state index >= 15 is 0 Å². The number of amides is 1. The molecule has 1 atom stereocenters. The first kappa shape index (κ1) is 9.52. The molecule has 0 bridgehead atoms. The highest BCUT2D eigenvalue weighted by Gasteiger charge is 2.18. The van der Waals surface area contributed by atoms with Crippen LogP contribution in [0.25, 0.3) is 0 Å². The molecule has 0 spiro atoms. The molecule has 0 aromatic carbocycles. The molecule has 1 fully saturated rings. The summed E-state index contributed by atoms with van der Waals surface area (Å²) in [4.78, 5) is 13.0. The van der Waals surface area contributed by atoms with Crippen LogP contribution in [0.3, 0.4) is 0 Å². The molecule has 1 amide bonds. The van der Waals surface area contributed by atoms with Crippen LogP contribution < -0.4 is 5.32 Å². The van der Waals surface area contributed by atoms with E-state index in [0.717, 1.165) is 6.54 Å². The van der Waals surface area contributed by atoms with Gasteiger partial charge in [0, 0.05) is 19.5 Å². The summed E-state index contributed by atoms with van der Waals surface area (Å²) >= 11 is 0. The van der Waals surface area contributed by atoms with E-state index in [9.17, 15) is 4.79 Å². The Morgan fingerprint density at radius 1 is 1.58 bits per heavy atom. The molecule has 0 aliphatic carbocycles. The molecule has 1 unspecified atom stereocenters. The minimum Gasteiger partial charge on any atom is -0.355 e. The van der Waals surface area contributed by atoms with Crippen molar-refractivity contribution in [1.82, 2.24) is 10.2 Å². The molecule has 1 saturated heterocycles. The number of carbonyl (C=O) groups is 1. The summed E-state index contributed by atoms with van der Waals surface area (Å²) in [6.07, 6.45) is 3.82. The van der Waals surface area contributed by atoms with Crippen molar-refractivity contribution >= 4 is 5.91 Å². The largest absolute Gasteiger partial charge is 0.355 e. The van der Waals surface area contributed by atoms with Crippen molar-refractivity contribution in [3.8, 4) is 0 Å². The van der Waals surface area contributed by atoms with Gasteiger partial charge in [-0.05, 0) is 26.4 Å². The second-order valence-electron chi connectivity index (χ2n) is 3.57. The molecule has 0 radical (unpaired) electrons. The average molecular weight is 170 g/mol. The van der Waals surface area contributed by atoms with Crippen LogP contribution in [0.15, 0.2) is 0 Å². The molecular formula is C9H18N2O. The Bertz CT molecular complexity index is 159. The molecule has 1 aliphatic heterocycles. The van der Waals surface area contributed by atoms with Crippen LogP contribution in [0.2, 0.25) is 0 Å². The zero-order chi connectivity index (χ0) is 8.97. The molecule has 0 saturated carbocycles. The standard InChI is InChI=1S/C9H18N2O/c1-8(12)10-7-9-5-3-4-6-11(9)2/h9H,3-7H2,1-2H3,(H,10,12). The van der Waals surface area contributed by atoms with Gasteiger partial charge in [-0.25, -0.2) is 0 Å². The SMILES string of the molecule is CC(=O)NCC1CCCCN1C. The van der Waals surface area contributed by atoms with Crippen molar-refractivity contribution in [2.24, 2.45) is 0 Å². The Labute approximate surface area is 74.1 Å². The third-order valence-corrected chi connectivity index (χ3v) is 2.51. The first-order valence-corrected chi connectivity index (χ1v) is 4.65. The Kier molecular flexibility index (Phi) is 3.53. The van der Waals surface area contributed by atoms with Crippen LogP contribution in [-0.4, -0.2) is 37.0 Å². The minimum absolute atomic E-state index is 0.0778. The molecule has 1 heterocycles. The van der Waals surface area contributed by atoms with Gasteiger partial charge < -0.3 is 10.2 Å². The summed E-state index contributed by atoms with van der Waals surface area (Å²) in [7, 11) is 2.13. The van der Waals surface area contributed by atoms with Gasteiger partial charge in [-0.1, -0.05) is 6.42 Å². The fraction of sp³-hybridized carbons (Fsp3) is 0.889. The third kappa shape index (κ3) is 2.81.